The van der Waals surface area contributed by atoms with Gasteiger partial charge in [-0.15, -0.1) is 0 Å². The molecule has 1 saturated heterocycles. The van der Waals surface area contributed by atoms with Gasteiger partial charge in [0.05, 0.1) is 4.90 Å². The normalized spacial score (nSPS) is 22.6. The lowest BCUT2D eigenvalue weighted by atomic mass is 9.97. The third kappa shape index (κ3) is 5.03. The van der Waals surface area contributed by atoms with Crippen LogP contribution in [-0.4, -0.2) is 31.5 Å². The van der Waals surface area contributed by atoms with Crippen LogP contribution in [0.5, 0.6) is 0 Å². The Morgan fingerprint density at radius 3 is 2.46 bits per heavy atom. The van der Waals surface area contributed by atoms with Crippen LogP contribution in [0.3, 0.4) is 0 Å². The van der Waals surface area contributed by atoms with E-state index < -0.39 is 16.2 Å². The van der Waals surface area contributed by atoms with Crippen molar-refractivity contribution in [2.24, 2.45) is 0 Å². The Morgan fingerprint density at radius 2 is 1.79 bits per heavy atom. The summed E-state index contributed by atoms with van der Waals surface area (Å²) in [5.74, 6) is 0. The number of aryl methyl sites for hydroxylation is 1. The summed E-state index contributed by atoms with van der Waals surface area (Å²) in [6, 6.07) is 6.74. The highest BCUT2D eigenvalue weighted by molar-refractivity contribution is 7.89. The molecule has 0 amide bonds. The third-order valence-electron chi connectivity index (χ3n) is 4.87. The summed E-state index contributed by atoms with van der Waals surface area (Å²) < 4.78 is 41.3. The van der Waals surface area contributed by atoms with Gasteiger partial charge in [0.1, 0.15) is 6.17 Å². The molecule has 3 nitrogen and oxygen atoms in total. The van der Waals surface area contributed by atoms with E-state index in [0.717, 1.165) is 24.8 Å². The molecule has 1 aromatic rings. The highest BCUT2D eigenvalue weighted by atomic mass is 32.2. The minimum atomic E-state index is -3.53. The van der Waals surface area contributed by atoms with Gasteiger partial charge in [0.2, 0.25) is 10.0 Å². The predicted octanol–water partition coefficient (Wildman–Crippen LogP) is 4.85. The molecule has 136 valence electrons. The fraction of sp³-hybridized carbons (Fsp3) is 0.684. The van der Waals surface area contributed by atoms with Gasteiger partial charge in [-0.05, 0) is 38.3 Å². The van der Waals surface area contributed by atoms with Crippen LogP contribution < -0.4 is 0 Å². The van der Waals surface area contributed by atoms with E-state index >= 15 is 0 Å². The molecule has 1 aliphatic rings. The topological polar surface area (TPSA) is 37.4 Å². The standard InChI is InChI=1S/C19H30FNO2S/c1-3-4-5-6-7-8-18-15-17(20)13-14-21(18)24(22,23)19-11-9-16(2)10-12-19/h9-12,17-18H,3-8,13-15H2,1-2H3/t17-,18-/m1/s1. The third-order valence-corrected chi connectivity index (χ3v) is 6.83. The zero-order chi connectivity index (χ0) is 17.6. The maximum Gasteiger partial charge on any atom is 0.243 e. The molecule has 0 spiro atoms. The first-order valence-corrected chi connectivity index (χ1v) is 10.6. The van der Waals surface area contributed by atoms with E-state index in [2.05, 4.69) is 6.92 Å². The van der Waals surface area contributed by atoms with E-state index in [4.69, 9.17) is 0 Å². The largest absolute Gasteiger partial charge is 0.247 e. The van der Waals surface area contributed by atoms with Crippen LogP contribution in [0.2, 0.25) is 0 Å². The first kappa shape index (κ1) is 19.4. The lowest BCUT2D eigenvalue weighted by Crippen LogP contribution is -2.46. The number of hydrogen-bond acceptors (Lipinski definition) is 2. The Hall–Kier alpha value is -0.940. The number of piperidine rings is 1. The lowest BCUT2D eigenvalue weighted by Gasteiger charge is -2.36. The summed E-state index contributed by atoms with van der Waals surface area (Å²) in [6.45, 7) is 4.39. The van der Waals surface area contributed by atoms with Crippen molar-refractivity contribution in [3.63, 3.8) is 0 Å². The highest BCUT2D eigenvalue weighted by Gasteiger charge is 2.36. The maximum absolute atomic E-state index is 13.9. The van der Waals surface area contributed by atoms with E-state index in [9.17, 15) is 12.8 Å². The lowest BCUT2D eigenvalue weighted by molar-refractivity contribution is 0.147. The average Bonchev–Trinajstić information content (AvgIpc) is 2.55. The second kappa shape index (κ2) is 8.95. The van der Waals surface area contributed by atoms with Crippen molar-refractivity contribution in [2.45, 2.75) is 82.3 Å². The van der Waals surface area contributed by atoms with Crippen molar-refractivity contribution in [1.29, 1.82) is 0 Å². The van der Waals surface area contributed by atoms with Gasteiger partial charge in [-0.3, -0.25) is 0 Å². The average molecular weight is 356 g/mol. The number of nitrogens with zero attached hydrogens (tertiary/aromatic N) is 1. The van der Waals surface area contributed by atoms with Gasteiger partial charge in [0, 0.05) is 12.6 Å². The SMILES string of the molecule is CCCCCCC[C@@H]1C[C@H](F)CCN1S(=O)(=O)c1ccc(C)cc1. The number of halogens is 1. The van der Waals surface area contributed by atoms with Crippen molar-refractivity contribution in [3.05, 3.63) is 29.8 Å². The molecule has 0 unspecified atom stereocenters. The number of benzene rings is 1. The van der Waals surface area contributed by atoms with Gasteiger partial charge in [-0.1, -0.05) is 56.7 Å². The van der Waals surface area contributed by atoms with E-state index in [1.54, 1.807) is 16.4 Å². The zero-order valence-electron chi connectivity index (χ0n) is 14.9. The second-order valence-electron chi connectivity index (χ2n) is 6.91. The summed E-state index contributed by atoms with van der Waals surface area (Å²) in [5, 5.41) is 0. The van der Waals surface area contributed by atoms with E-state index in [-0.39, 0.29) is 12.6 Å². The molecule has 1 heterocycles. The minimum Gasteiger partial charge on any atom is -0.247 e. The Labute approximate surface area is 146 Å². The molecule has 1 aliphatic heterocycles. The quantitative estimate of drug-likeness (QED) is 0.625. The molecule has 0 N–H and O–H groups in total. The van der Waals surface area contributed by atoms with Crippen LogP contribution in [0, 0.1) is 6.92 Å². The molecule has 0 saturated carbocycles. The van der Waals surface area contributed by atoms with E-state index in [1.165, 1.54) is 19.3 Å². The Balaban J connectivity index is 2.07. The summed E-state index contributed by atoms with van der Waals surface area (Å²) >= 11 is 0. The van der Waals surface area contributed by atoms with E-state index in [1.807, 2.05) is 19.1 Å². The van der Waals surface area contributed by atoms with Crippen LogP contribution >= 0.6 is 0 Å². The smallest absolute Gasteiger partial charge is 0.243 e. The molecule has 1 aromatic carbocycles. The predicted molar refractivity (Wildman–Crippen MR) is 96.4 cm³/mol. The zero-order valence-corrected chi connectivity index (χ0v) is 15.7. The van der Waals surface area contributed by atoms with Gasteiger partial charge >= 0.3 is 0 Å². The number of sulfonamides is 1. The Morgan fingerprint density at radius 1 is 1.12 bits per heavy atom. The van der Waals surface area contributed by atoms with Crippen LogP contribution in [0.15, 0.2) is 29.2 Å². The summed E-state index contributed by atoms with van der Waals surface area (Å²) in [6.07, 6.45) is 6.15. The molecule has 2 atom stereocenters. The second-order valence-corrected chi connectivity index (χ2v) is 8.80. The first-order valence-electron chi connectivity index (χ1n) is 9.17. The Bertz CT molecular complexity index is 600. The van der Waals surface area contributed by atoms with Gasteiger partial charge in [-0.25, -0.2) is 12.8 Å². The molecule has 0 aromatic heterocycles. The van der Waals surface area contributed by atoms with E-state index in [0.29, 0.717) is 17.7 Å². The fourth-order valence-corrected chi connectivity index (χ4v) is 5.07. The number of hydrogen-bond donors (Lipinski definition) is 0. The van der Waals surface area contributed by atoms with Crippen molar-refractivity contribution in [3.8, 4) is 0 Å². The monoisotopic (exact) mass is 355 g/mol. The van der Waals surface area contributed by atoms with Crippen LogP contribution in [0.4, 0.5) is 4.39 Å². The summed E-state index contributed by atoms with van der Waals surface area (Å²) in [4.78, 5) is 0.321. The van der Waals surface area contributed by atoms with Gasteiger partial charge in [-0.2, -0.15) is 4.31 Å². The molecule has 24 heavy (non-hydrogen) atoms. The van der Waals surface area contributed by atoms with Crippen molar-refractivity contribution in [2.75, 3.05) is 6.54 Å². The van der Waals surface area contributed by atoms with Gasteiger partial charge in [0.25, 0.3) is 0 Å². The molecular formula is C19H30FNO2S. The minimum absolute atomic E-state index is 0.207. The van der Waals surface area contributed by atoms with Crippen molar-refractivity contribution in [1.82, 2.24) is 4.31 Å². The van der Waals surface area contributed by atoms with Gasteiger partial charge in [0.15, 0.2) is 0 Å². The first-order chi connectivity index (χ1) is 11.4. The highest BCUT2D eigenvalue weighted by Crippen LogP contribution is 2.30. The van der Waals surface area contributed by atoms with Gasteiger partial charge < -0.3 is 0 Å². The summed E-state index contributed by atoms with van der Waals surface area (Å²) in [5.41, 5.74) is 1.03. The Kier molecular flexibility index (Phi) is 7.23. The molecule has 5 heteroatoms. The molecule has 2 rings (SSSR count). The maximum atomic E-state index is 13.9. The number of rotatable bonds is 8. The number of alkyl halides is 1. The molecule has 0 bridgehead atoms. The van der Waals surface area contributed by atoms with Crippen LogP contribution in [0.1, 0.15) is 63.9 Å². The van der Waals surface area contributed by atoms with Crippen molar-refractivity contribution < 1.29 is 12.8 Å². The van der Waals surface area contributed by atoms with Crippen LogP contribution in [-0.2, 0) is 10.0 Å². The molecule has 1 fully saturated rings. The molecule has 0 radical (unpaired) electrons. The number of unbranched alkanes of at least 4 members (excludes halogenated alkanes) is 4. The fourth-order valence-electron chi connectivity index (χ4n) is 3.39. The molecular weight excluding hydrogens is 325 g/mol. The van der Waals surface area contributed by atoms with Crippen molar-refractivity contribution >= 4 is 10.0 Å². The van der Waals surface area contributed by atoms with Crippen LogP contribution in [0.25, 0.3) is 0 Å². The molecule has 0 aliphatic carbocycles. The summed E-state index contributed by atoms with van der Waals surface area (Å²) in [7, 11) is -3.53.